The highest BCUT2D eigenvalue weighted by atomic mass is 16.7. The number of carbonyl (C=O) groups excluding carboxylic acids is 1. The second kappa shape index (κ2) is 9.12. The lowest BCUT2D eigenvalue weighted by atomic mass is 10.00. The van der Waals surface area contributed by atoms with E-state index in [1.807, 2.05) is 0 Å². The number of nitrogens with two attached hydrogens (primary N) is 1. The number of amides is 1. The molecule has 0 saturated heterocycles. The average Bonchev–Trinajstić information content (AvgIpc) is 2.68. The fourth-order valence-electron chi connectivity index (χ4n) is 2.50. The first-order valence-electron chi connectivity index (χ1n) is 8.54. The van der Waals surface area contributed by atoms with Crippen molar-refractivity contribution in [3.8, 4) is 0 Å². The Kier molecular flexibility index (Phi) is 6.86. The van der Waals surface area contributed by atoms with E-state index in [1.165, 1.54) is 0 Å². The zero-order valence-corrected chi connectivity index (χ0v) is 15.3. The molecule has 0 aliphatic heterocycles. The van der Waals surface area contributed by atoms with Gasteiger partial charge in [-0.05, 0) is 24.5 Å². The molecule has 148 valence electrons. The summed E-state index contributed by atoms with van der Waals surface area (Å²) in [5.41, 5.74) is 4.70. The third-order valence-corrected chi connectivity index (χ3v) is 4.26. The van der Waals surface area contributed by atoms with Gasteiger partial charge in [0.25, 0.3) is 11.4 Å². The quantitative estimate of drug-likeness (QED) is 0.439. The van der Waals surface area contributed by atoms with Crippen molar-refractivity contribution in [3.05, 3.63) is 71.8 Å². The van der Waals surface area contributed by atoms with Crippen LogP contribution in [0.25, 0.3) is 0 Å². The van der Waals surface area contributed by atoms with Gasteiger partial charge in [0.15, 0.2) is 0 Å². The van der Waals surface area contributed by atoms with E-state index in [9.17, 15) is 24.6 Å². The molecule has 0 fully saturated rings. The van der Waals surface area contributed by atoms with E-state index in [-0.39, 0.29) is 13.0 Å². The number of rotatable bonds is 9. The molecule has 2 aromatic rings. The van der Waals surface area contributed by atoms with Gasteiger partial charge in [0, 0.05) is 0 Å². The highest BCUT2D eigenvalue weighted by Gasteiger charge is 2.52. The van der Waals surface area contributed by atoms with E-state index in [2.05, 4.69) is 0 Å². The lowest BCUT2D eigenvalue weighted by Crippen LogP contribution is -2.63. The molecule has 0 saturated carbocycles. The lowest BCUT2D eigenvalue weighted by Gasteiger charge is -2.34. The number of benzene rings is 2. The van der Waals surface area contributed by atoms with Crippen LogP contribution in [0.3, 0.4) is 0 Å². The molecular weight excluding hydrogens is 364 g/mol. The van der Waals surface area contributed by atoms with Gasteiger partial charge in [0.05, 0.1) is 6.04 Å². The van der Waals surface area contributed by atoms with E-state index in [4.69, 9.17) is 10.6 Å². The Bertz CT molecular complexity index is 811. The Morgan fingerprint density at radius 2 is 1.43 bits per heavy atom. The third kappa shape index (κ3) is 4.73. The van der Waals surface area contributed by atoms with Crippen LogP contribution in [0.2, 0.25) is 0 Å². The van der Waals surface area contributed by atoms with E-state index < -0.39 is 29.4 Å². The molecule has 2 aromatic carbocycles. The molecule has 0 unspecified atom stereocenters. The predicted octanol–water partition coefficient (Wildman–Crippen LogP) is 1.44. The number of aliphatic carboxylic acids is 2. The Morgan fingerprint density at radius 1 is 0.964 bits per heavy atom. The number of carboxylic acid groups (broad SMARTS) is 2. The molecular formula is C20H22N2O6. The van der Waals surface area contributed by atoms with E-state index in [0.717, 1.165) is 12.5 Å². The van der Waals surface area contributed by atoms with Crippen LogP contribution in [-0.2, 0) is 32.2 Å². The first-order chi connectivity index (χ1) is 13.3. The summed E-state index contributed by atoms with van der Waals surface area (Å²) in [6.45, 7) is 0.691. The van der Waals surface area contributed by atoms with Crippen LogP contribution in [0, 0.1) is 0 Å². The van der Waals surface area contributed by atoms with E-state index in [1.54, 1.807) is 60.7 Å². The van der Waals surface area contributed by atoms with Crippen LogP contribution in [0.4, 0.5) is 0 Å². The van der Waals surface area contributed by atoms with Gasteiger partial charge in [-0.3, -0.25) is 9.63 Å². The molecule has 0 aliphatic rings. The van der Waals surface area contributed by atoms with E-state index >= 15 is 0 Å². The molecule has 0 heterocycles. The van der Waals surface area contributed by atoms with Gasteiger partial charge in [0.1, 0.15) is 6.61 Å². The van der Waals surface area contributed by atoms with Gasteiger partial charge in [-0.2, -0.15) is 5.06 Å². The Morgan fingerprint density at radius 3 is 1.89 bits per heavy atom. The zero-order valence-electron chi connectivity index (χ0n) is 15.3. The molecule has 8 nitrogen and oxygen atoms in total. The van der Waals surface area contributed by atoms with Crippen molar-refractivity contribution in [1.29, 1.82) is 0 Å². The first kappa shape index (κ1) is 21.1. The summed E-state index contributed by atoms with van der Waals surface area (Å²) in [7, 11) is 0. The van der Waals surface area contributed by atoms with Crippen molar-refractivity contribution in [3.63, 3.8) is 0 Å². The summed E-state index contributed by atoms with van der Waals surface area (Å²) in [6, 6.07) is 16.3. The minimum Gasteiger partial charge on any atom is -0.479 e. The topological polar surface area (TPSA) is 130 Å². The van der Waals surface area contributed by atoms with Crippen molar-refractivity contribution in [1.82, 2.24) is 5.06 Å². The maximum absolute atomic E-state index is 12.9. The first-order valence-corrected chi connectivity index (χ1v) is 8.54. The van der Waals surface area contributed by atoms with Crippen LogP contribution in [-0.4, -0.2) is 44.7 Å². The van der Waals surface area contributed by atoms with Gasteiger partial charge in [-0.15, -0.1) is 0 Å². The maximum atomic E-state index is 12.9. The molecule has 0 radical (unpaired) electrons. The van der Waals surface area contributed by atoms with Gasteiger partial charge in [-0.25, -0.2) is 9.59 Å². The lowest BCUT2D eigenvalue weighted by molar-refractivity contribution is -0.235. The maximum Gasteiger partial charge on any atom is 0.343 e. The number of nitrogens with zero attached hydrogens (tertiary/aromatic N) is 1. The van der Waals surface area contributed by atoms with Gasteiger partial charge < -0.3 is 15.9 Å². The van der Waals surface area contributed by atoms with Gasteiger partial charge >= 0.3 is 11.9 Å². The second-order valence-corrected chi connectivity index (χ2v) is 6.37. The van der Waals surface area contributed by atoms with Gasteiger partial charge in [-0.1, -0.05) is 60.7 Å². The highest BCUT2D eigenvalue weighted by molar-refractivity contribution is 6.05. The van der Waals surface area contributed by atoms with Crippen LogP contribution >= 0.6 is 0 Å². The van der Waals surface area contributed by atoms with Crippen molar-refractivity contribution in [2.75, 3.05) is 0 Å². The monoisotopic (exact) mass is 386 g/mol. The normalized spacial score (nSPS) is 12.2. The summed E-state index contributed by atoms with van der Waals surface area (Å²) in [6.07, 6.45) is 0.0974. The Hall–Kier alpha value is -3.23. The van der Waals surface area contributed by atoms with Crippen LogP contribution < -0.4 is 5.73 Å². The summed E-state index contributed by atoms with van der Waals surface area (Å²) in [5.74, 6) is -4.42. The summed E-state index contributed by atoms with van der Waals surface area (Å²) < 4.78 is 0. The zero-order chi connectivity index (χ0) is 20.7. The summed E-state index contributed by atoms with van der Waals surface area (Å²) in [5, 5.41) is 19.4. The number of carbonyl (C=O) groups is 3. The SMILES string of the molecule is CC(C(=O)O)(C(=O)O)N(OCc1ccccc1)C(=O)[C@@H](N)Cc1ccccc1. The third-order valence-electron chi connectivity index (χ3n) is 4.26. The fraction of sp³-hybridized carbons (Fsp3) is 0.250. The molecule has 1 atom stereocenters. The molecule has 0 spiro atoms. The second-order valence-electron chi connectivity index (χ2n) is 6.37. The molecule has 0 aromatic heterocycles. The largest absolute Gasteiger partial charge is 0.479 e. The number of hydroxylamine groups is 2. The van der Waals surface area contributed by atoms with E-state index in [0.29, 0.717) is 10.6 Å². The number of hydrogen-bond donors (Lipinski definition) is 3. The molecule has 2 rings (SSSR count). The molecule has 28 heavy (non-hydrogen) atoms. The number of carboxylic acids is 2. The van der Waals surface area contributed by atoms with Crippen LogP contribution in [0.1, 0.15) is 18.1 Å². The molecule has 8 heteroatoms. The van der Waals surface area contributed by atoms with Crippen molar-refractivity contribution < 1.29 is 29.4 Å². The van der Waals surface area contributed by atoms with Crippen molar-refractivity contribution in [2.45, 2.75) is 31.5 Å². The standard InChI is InChI=1S/C20H22N2O6/c1-20(18(24)25,19(26)27)22(28-13-15-10-6-3-7-11-15)17(23)16(21)12-14-8-4-2-5-9-14/h2-11,16H,12-13,21H2,1H3,(H,24,25)(H,26,27)/t16-/m0/s1. The minimum absolute atomic E-state index is 0.0974. The summed E-state index contributed by atoms with van der Waals surface area (Å²) in [4.78, 5) is 41.7. The summed E-state index contributed by atoms with van der Waals surface area (Å²) >= 11 is 0. The fourth-order valence-corrected chi connectivity index (χ4v) is 2.50. The average molecular weight is 386 g/mol. The van der Waals surface area contributed by atoms with Crippen LogP contribution in [0.15, 0.2) is 60.7 Å². The Labute approximate surface area is 162 Å². The smallest absolute Gasteiger partial charge is 0.343 e. The van der Waals surface area contributed by atoms with Crippen molar-refractivity contribution in [2.24, 2.45) is 5.73 Å². The van der Waals surface area contributed by atoms with Crippen LogP contribution in [0.5, 0.6) is 0 Å². The number of hydrogen-bond acceptors (Lipinski definition) is 5. The van der Waals surface area contributed by atoms with Gasteiger partial charge in [0.2, 0.25) is 0 Å². The molecule has 1 amide bonds. The molecule has 0 aliphatic carbocycles. The Balaban J connectivity index is 2.29. The van der Waals surface area contributed by atoms with Crippen molar-refractivity contribution >= 4 is 17.8 Å². The minimum atomic E-state index is -2.64. The molecule has 0 bridgehead atoms. The highest BCUT2D eigenvalue weighted by Crippen LogP contribution is 2.20. The molecule has 4 N–H and O–H groups in total. The predicted molar refractivity (Wildman–Crippen MR) is 99.9 cm³/mol.